The monoisotopic (exact) mass is 553 g/mol. The minimum atomic E-state index is -0.589. The summed E-state index contributed by atoms with van der Waals surface area (Å²) in [5, 5.41) is 15.0. The molecule has 2 aliphatic heterocycles. The fourth-order valence-electron chi connectivity index (χ4n) is 5.17. The number of ether oxygens (including phenoxy) is 3. The molecule has 218 valence electrons. The highest BCUT2D eigenvalue weighted by atomic mass is 16.7. The number of nitrogens with one attached hydrogen (secondary N) is 2. The van der Waals surface area contributed by atoms with Crippen LogP contribution in [0, 0.1) is 0 Å². The van der Waals surface area contributed by atoms with Crippen LogP contribution in [0.15, 0.2) is 48.5 Å². The first-order valence-electron chi connectivity index (χ1n) is 14.2. The molecule has 3 N–H and O–H groups in total. The molecule has 4 atom stereocenters. The van der Waals surface area contributed by atoms with Gasteiger partial charge in [-0.1, -0.05) is 48.5 Å². The number of nitrogens with zero attached hydrogens (tertiary/aromatic N) is 1. The molecule has 0 radical (unpaired) electrons. The number of carbonyl (C=O) groups is 2. The summed E-state index contributed by atoms with van der Waals surface area (Å²) < 4.78 is 18.7. The first-order valence-corrected chi connectivity index (χ1v) is 14.2. The number of esters is 1. The van der Waals surface area contributed by atoms with Crippen molar-refractivity contribution in [1.82, 2.24) is 15.5 Å². The van der Waals surface area contributed by atoms with Crippen LogP contribution in [0.25, 0.3) is 0 Å². The van der Waals surface area contributed by atoms with Gasteiger partial charge in [-0.15, -0.1) is 0 Å². The number of likely N-dealkylation sites (tertiary alicyclic amines) is 1. The molecule has 2 aromatic carbocycles. The van der Waals surface area contributed by atoms with E-state index in [1.54, 1.807) is 0 Å². The van der Waals surface area contributed by atoms with Gasteiger partial charge in [0.05, 0.1) is 18.8 Å². The molecule has 2 saturated heterocycles. The number of rotatable bonds is 9. The summed E-state index contributed by atoms with van der Waals surface area (Å²) in [6, 6.07) is 15.2. The van der Waals surface area contributed by atoms with E-state index in [0.29, 0.717) is 26.1 Å². The van der Waals surface area contributed by atoms with Crippen molar-refractivity contribution in [3.05, 3.63) is 70.8 Å². The van der Waals surface area contributed by atoms with Crippen LogP contribution in [0.2, 0.25) is 0 Å². The van der Waals surface area contributed by atoms with Crippen LogP contribution >= 0.6 is 0 Å². The van der Waals surface area contributed by atoms with Gasteiger partial charge in [0.2, 0.25) is 0 Å². The van der Waals surface area contributed by atoms with Gasteiger partial charge in [-0.25, -0.2) is 4.79 Å². The molecule has 4 rings (SSSR count). The van der Waals surface area contributed by atoms with E-state index >= 15 is 0 Å². The predicted octanol–water partition coefficient (Wildman–Crippen LogP) is 4.35. The van der Waals surface area contributed by atoms with Gasteiger partial charge < -0.3 is 30.0 Å². The Morgan fingerprint density at radius 2 is 1.68 bits per heavy atom. The van der Waals surface area contributed by atoms with E-state index in [-0.39, 0.29) is 36.9 Å². The second-order valence-corrected chi connectivity index (χ2v) is 11.5. The highest BCUT2D eigenvalue weighted by Gasteiger charge is 2.38. The maximum absolute atomic E-state index is 12.9. The number of aliphatic hydroxyl groups is 1. The first-order chi connectivity index (χ1) is 19.1. The standard InChI is InChI=1S/C31H43N3O6/c1-5-32-30(37)33-18-21-8-14-24(15-9-21)29-38-25(17-27(39-29)23-12-10-22(20-35)11-13-23)19-34-16-6-7-26(34)28(36)40-31(2,3)4/h8-15,25-27,29,35H,5-7,16-20H2,1-4H3,(H2,32,33,37)/t25-,26+,27+,29+/m1/s1. The summed E-state index contributed by atoms with van der Waals surface area (Å²) >= 11 is 0. The topological polar surface area (TPSA) is 109 Å². The van der Waals surface area contributed by atoms with Crippen molar-refractivity contribution in [3.63, 3.8) is 0 Å². The molecule has 0 spiro atoms. The minimum Gasteiger partial charge on any atom is -0.459 e. The molecule has 2 fully saturated rings. The largest absolute Gasteiger partial charge is 0.459 e. The Morgan fingerprint density at radius 1 is 1.00 bits per heavy atom. The highest BCUT2D eigenvalue weighted by molar-refractivity contribution is 5.76. The summed E-state index contributed by atoms with van der Waals surface area (Å²) in [7, 11) is 0. The summed E-state index contributed by atoms with van der Waals surface area (Å²) in [5.74, 6) is -0.179. The molecule has 2 aliphatic rings. The summed E-state index contributed by atoms with van der Waals surface area (Å²) in [5.41, 5.74) is 3.18. The van der Waals surface area contributed by atoms with E-state index < -0.39 is 11.9 Å². The van der Waals surface area contributed by atoms with E-state index in [1.807, 2.05) is 76.2 Å². The normalized spacial score (nSPS) is 23.5. The number of carbonyl (C=O) groups excluding carboxylic acids is 2. The number of aliphatic hydroxyl groups excluding tert-OH is 1. The molecule has 0 unspecified atom stereocenters. The molecule has 2 amide bonds. The van der Waals surface area contributed by atoms with Gasteiger partial charge in [0.25, 0.3) is 0 Å². The van der Waals surface area contributed by atoms with Crippen molar-refractivity contribution in [2.45, 2.75) is 90.2 Å². The molecule has 0 bridgehead atoms. The zero-order valence-electron chi connectivity index (χ0n) is 24.0. The van der Waals surface area contributed by atoms with Crippen LogP contribution in [-0.4, -0.2) is 59.4 Å². The molecule has 0 aliphatic carbocycles. The number of hydrogen-bond donors (Lipinski definition) is 3. The third-order valence-electron chi connectivity index (χ3n) is 7.14. The smallest absolute Gasteiger partial charge is 0.323 e. The van der Waals surface area contributed by atoms with Gasteiger partial charge >= 0.3 is 12.0 Å². The minimum absolute atomic E-state index is 0.0114. The number of urea groups is 1. The van der Waals surface area contributed by atoms with E-state index in [1.165, 1.54) is 0 Å². The number of amides is 2. The molecule has 2 heterocycles. The predicted molar refractivity (Wildman–Crippen MR) is 151 cm³/mol. The molecule has 9 nitrogen and oxygen atoms in total. The lowest BCUT2D eigenvalue weighted by molar-refractivity contribution is -0.253. The van der Waals surface area contributed by atoms with Gasteiger partial charge in [-0.3, -0.25) is 9.69 Å². The molecule has 2 aromatic rings. The Bertz CT molecular complexity index is 1120. The van der Waals surface area contributed by atoms with Crippen LogP contribution < -0.4 is 10.6 Å². The Kier molecular flexibility index (Phi) is 10.2. The van der Waals surface area contributed by atoms with Crippen LogP contribution in [0.5, 0.6) is 0 Å². The third-order valence-corrected chi connectivity index (χ3v) is 7.14. The van der Waals surface area contributed by atoms with Crippen molar-refractivity contribution in [3.8, 4) is 0 Å². The Balaban J connectivity index is 1.49. The third kappa shape index (κ3) is 8.27. The Labute approximate surface area is 237 Å². The van der Waals surface area contributed by atoms with Gasteiger partial charge in [0, 0.05) is 31.6 Å². The lowest BCUT2D eigenvalue weighted by Crippen LogP contribution is -2.45. The van der Waals surface area contributed by atoms with Crippen molar-refractivity contribution in [1.29, 1.82) is 0 Å². The fourth-order valence-corrected chi connectivity index (χ4v) is 5.17. The molecule has 0 saturated carbocycles. The molecule has 9 heteroatoms. The SMILES string of the molecule is CCNC(=O)NCc1ccc([C@H]2O[C@@H](CN3CCC[C@H]3C(=O)OC(C)(C)C)C[C@@H](c3ccc(CO)cc3)O2)cc1. The highest BCUT2D eigenvalue weighted by Crippen LogP contribution is 2.39. The van der Waals surface area contributed by atoms with Gasteiger partial charge in [0.15, 0.2) is 6.29 Å². The second-order valence-electron chi connectivity index (χ2n) is 11.5. The van der Waals surface area contributed by atoms with Gasteiger partial charge in [-0.05, 0) is 63.8 Å². The van der Waals surface area contributed by atoms with Crippen LogP contribution in [-0.2, 0) is 32.2 Å². The number of hydrogen-bond acceptors (Lipinski definition) is 7. The Morgan fingerprint density at radius 3 is 2.33 bits per heavy atom. The van der Waals surface area contributed by atoms with Crippen LogP contribution in [0.4, 0.5) is 4.79 Å². The first kappa shape index (κ1) is 30.0. The quantitative estimate of drug-likeness (QED) is 0.396. The van der Waals surface area contributed by atoms with Crippen molar-refractivity contribution in [2.75, 3.05) is 19.6 Å². The zero-order chi connectivity index (χ0) is 28.7. The van der Waals surface area contributed by atoms with Gasteiger partial charge in [-0.2, -0.15) is 0 Å². The summed E-state index contributed by atoms with van der Waals surface area (Å²) in [4.78, 5) is 26.9. The van der Waals surface area contributed by atoms with Crippen molar-refractivity contribution >= 4 is 12.0 Å². The maximum atomic E-state index is 12.9. The van der Waals surface area contributed by atoms with Crippen LogP contribution in [0.3, 0.4) is 0 Å². The van der Waals surface area contributed by atoms with Crippen LogP contribution in [0.1, 0.15) is 81.6 Å². The van der Waals surface area contributed by atoms with E-state index in [0.717, 1.165) is 41.6 Å². The lowest BCUT2D eigenvalue weighted by Gasteiger charge is -2.38. The maximum Gasteiger partial charge on any atom is 0.323 e. The Hall–Kier alpha value is -2.98. The molecule has 0 aromatic heterocycles. The average Bonchev–Trinajstić information content (AvgIpc) is 3.39. The molecular weight excluding hydrogens is 510 g/mol. The zero-order valence-corrected chi connectivity index (χ0v) is 24.0. The second kappa shape index (κ2) is 13.6. The van der Waals surface area contributed by atoms with Crippen molar-refractivity contribution < 1.29 is 28.9 Å². The lowest BCUT2D eigenvalue weighted by atomic mass is 9.99. The number of benzene rings is 2. The van der Waals surface area contributed by atoms with E-state index in [2.05, 4.69) is 15.5 Å². The fraction of sp³-hybridized carbons (Fsp3) is 0.548. The van der Waals surface area contributed by atoms with E-state index in [9.17, 15) is 14.7 Å². The van der Waals surface area contributed by atoms with Crippen molar-refractivity contribution in [2.24, 2.45) is 0 Å². The summed E-state index contributed by atoms with van der Waals surface area (Å²) in [6.45, 7) is 9.95. The van der Waals surface area contributed by atoms with Gasteiger partial charge in [0.1, 0.15) is 11.6 Å². The molecular formula is C31H43N3O6. The van der Waals surface area contributed by atoms with E-state index in [4.69, 9.17) is 14.2 Å². The molecule has 40 heavy (non-hydrogen) atoms. The average molecular weight is 554 g/mol. The summed E-state index contributed by atoms with van der Waals surface area (Å²) in [6.07, 6.45) is 1.39.